The molecular weight excluding hydrogens is 268 g/mol. The monoisotopic (exact) mass is 310 g/mol. The minimum absolute atomic E-state index is 1.04. The summed E-state index contributed by atoms with van der Waals surface area (Å²) in [5.41, 5.74) is 0. The molecule has 0 amide bonds. The van der Waals surface area contributed by atoms with Gasteiger partial charge in [-0.3, -0.25) is 0 Å². The van der Waals surface area contributed by atoms with Crippen molar-refractivity contribution in [2.45, 2.75) is 122 Å². The van der Waals surface area contributed by atoms with Gasteiger partial charge in [0.1, 0.15) is 0 Å². The van der Waals surface area contributed by atoms with E-state index < -0.39 is 0 Å². The van der Waals surface area contributed by atoms with E-state index in [-0.39, 0.29) is 0 Å². The van der Waals surface area contributed by atoms with Gasteiger partial charge in [-0.2, -0.15) is 0 Å². The molecule has 0 atom stereocenters. The molecule has 0 spiro atoms. The fraction of sp³-hybridized carbons (Fsp3) is 0.905. The molecule has 0 saturated heterocycles. The first-order valence-corrected chi connectivity index (χ1v) is 10.2. The lowest BCUT2D eigenvalue weighted by Gasteiger charge is -2.03. The molecule has 0 aromatic carbocycles. The van der Waals surface area contributed by atoms with E-state index in [1.807, 2.05) is 6.08 Å². The maximum absolute atomic E-state index is 8.52. The maximum atomic E-state index is 8.52. The van der Waals surface area contributed by atoms with Gasteiger partial charge in [-0.05, 0) is 12.8 Å². The third-order valence-corrected chi connectivity index (χ3v) is 4.58. The summed E-state index contributed by atoms with van der Waals surface area (Å²) in [6.45, 7) is 2.29. The third kappa shape index (κ3) is 19.5. The Morgan fingerprint density at radius 1 is 0.500 bits per heavy atom. The molecular formula is C21H42O. The standard InChI is InChI=1S/C21H42O/c1-2-3-4-5-6-7-8-9-10-11-12-13-14-15-16-17-18-19-20-21-22/h20-22H,2-19H2,1H3. The van der Waals surface area contributed by atoms with Crippen LogP contribution < -0.4 is 0 Å². The number of aliphatic hydroxyl groups excluding tert-OH is 1. The lowest BCUT2D eigenvalue weighted by atomic mass is 10.0. The van der Waals surface area contributed by atoms with Crippen LogP contribution in [0.1, 0.15) is 122 Å². The van der Waals surface area contributed by atoms with Crippen molar-refractivity contribution in [3.05, 3.63) is 12.3 Å². The highest BCUT2D eigenvalue weighted by Crippen LogP contribution is 2.14. The average molecular weight is 311 g/mol. The van der Waals surface area contributed by atoms with E-state index in [4.69, 9.17) is 5.11 Å². The van der Waals surface area contributed by atoms with Gasteiger partial charge < -0.3 is 5.11 Å². The minimum atomic E-state index is 1.04. The Labute approximate surface area is 140 Å². The Morgan fingerprint density at radius 3 is 1.14 bits per heavy atom. The zero-order chi connectivity index (χ0) is 16.1. The van der Waals surface area contributed by atoms with Crippen molar-refractivity contribution in [2.24, 2.45) is 0 Å². The summed E-state index contributed by atoms with van der Waals surface area (Å²) < 4.78 is 0. The number of hydrogen-bond donors (Lipinski definition) is 1. The number of rotatable bonds is 18. The fourth-order valence-corrected chi connectivity index (χ4v) is 3.06. The largest absolute Gasteiger partial charge is 0.516 e. The summed E-state index contributed by atoms with van der Waals surface area (Å²) in [5.74, 6) is 0. The predicted molar refractivity (Wildman–Crippen MR) is 101 cm³/mol. The van der Waals surface area contributed by atoms with Gasteiger partial charge in [0.15, 0.2) is 0 Å². The molecule has 0 heterocycles. The topological polar surface area (TPSA) is 20.2 Å². The van der Waals surface area contributed by atoms with Crippen LogP contribution in [0.4, 0.5) is 0 Å². The SMILES string of the molecule is CCCCCCCCCCCCCCCCCCCC=CO. The summed E-state index contributed by atoms with van der Waals surface area (Å²) in [7, 11) is 0. The van der Waals surface area contributed by atoms with Crippen LogP contribution in [-0.4, -0.2) is 5.11 Å². The van der Waals surface area contributed by atoms with Crippen LogP contribution in [0.2, 0.25) is 0 Å². The second-order valence-corrected chi connectivity index (χ2v) is 6.83. The summed E-state index contributed by atoms with van der Waals surface area (Å²) in [4.78, 5) is 0. The second kappa shape index (κ2) is 20.5. The van der Waals surface area contributed by atoms with Crippen molar-refractivity contribution in [2.75, 3.05) is 0 Å². The molecule has 1 nitrogen and oxygen atoms in total. The second-order valence-electron chi connectivity index (χ2n) is 6.83. The first kappa shape index (κ1) is 21.5. The molecule has 0 radical (unpaired) electrons. The van der Waals surface area contributed by atoms with Crippen LogP contribution in [0.25, 0.3) is 0 Å². The van der Waals surface area contributed by atoms with Gasteiger partial charge in [-0.1, -0.05) is 116 Å². The van der Waals surface area contributed by atoms with Crippen LogP contribution in [0, 0.1) is 0 Å². The van der Waals surface area contributed by atoms with Crippen molar-refractivity contribution in [1.82, 2.24) is 0 Å². The number of aliphatic hydroxyl groups is 1. The lowest BCUT2D eigenvalue weighted by Crippen LogP contribution is -1.83. The van der Waals surface area contributed by atoms with E-state index in [0.29, 0.717) is 0 Å². The molecule has 0 rings (SSSR count). The molecule has 0 aliphatic carbocycles. The molecule has 0 bridgehead atoms. The normalized spacial score (nSPS) is 11.5. The Bertz CT molecular complexity index is 210. The summed E-state index contributed by atoms with van der Waals surface area (Å²) in [5, 5.41) is 8.52. The third-order valence-electron chi connectivity index (χ3n) is 4.58. The van der Waals surface area contributed by atoms with Gasteiger partial charge in [0.05, 0.1) is 6.26 Å². The van der Waals surface area contributed by atoms with Crippen LogP contribution in [0.5, 0.6) is 0 Å². The summed E-state index contributed by atoms with van der Waals surface area (Å²) in [6.07, 6.45) is 28.2. The molecule has 1 heteroatoms. The smallest absolute Gasteiger partial charge is 0.0751 e. The van der Waals surface area contributed by atoms with Crippen molar-refractivity contribution in [1.29, 1.82) is 0 Å². The molecule has 0 fully saturated rings. The zero-order valence-corrected chi connectivity index (χ0v) is 15.3. The van der Waals surface area contributed by atoms with Crippen LogP contribution in [0.3, 0.4) is 0 Å². The summed E-state index contributed by atoms with van der Waals surface area (Å²) in [6, 6.07) is 0. The van der Waals surface area contributed by atoms with E-state index in [2.05, 4.69) is 6.92 Å². The minimum Gasteiger partial charge on any atom is -0.516 e. The van der Waals surface area contributed by atoms with Gasteiger partial charge in [0, 0.05) is 0 Å². The number of unbranched alkanes of at least 4 members (excludes halogenated alkanes) is 17. The molecule has 22 heavy (non-hydrogen) atoms. The quantitative estimate of drug-likeness (QED) is 0.200. The first-order chi connectivity index (χ1) is 10.9. The Morgan fingerprint density at radius 2 is 0.818 bits per heavy atom. The van der Waals surface area contributed by atoms with Gasteiger partial charge in [-0.15, -0.1) is 0 Å². The highest BCUT2D eigenvalue weighted by atomic mass is 16.2. The fourth-order valence-electron chi connectivity index (χ4n) is 3.06. The molecule has 0 saturated carbocycles. The molecule has 0 unspecified atom stereocenters. The van der Waals surface area contributed by atoms with E-state index in [1.54, 1.807) is 0 Å². The molecule has 0 aromatic rings. The lowest BCUT2D eigenvalue weighted by molar-refractivity contribution is 0.469. The van der Waals surface area contributed by atoms with E-state index in [1.165, 1.54) is 115 Å². The van der Waals surface area contributed by atoms with Gasteiger partial charge in [0.2, 0.25) is 0 Å². The van der Waals surface area contributed by atoms with Crippen LogP contribution in [-0.2, 0) is 0 Å². The van der Waals surface area contributed by atoms with E-state index in [0.717, 1.165) is 6.42 Å². The van der Waals surface area contributed by atoms with Crippen LogP contribution >= 0.6 is 0 Å². The highest BCUT2D eigenvalue weighted by molar-refractivity contribution is 4.70. The molecule has 0 aliphatic heterocycles. The maximum Gasteiger partial charge on any atom is 0.0751 e. The Balaban J connectivity index is 2.94. The van der Waals surface area contributed by atoms with Crippen molar-refractivity contribution < 1.29 is 5.11 Å². The molecule has 1 N–H and O–H groups in total. The Kier molecular flexibility index (Phi) is 20.1. The predicted octanol–water partition coefficient (Wildman–Crippen LogP) is 8.10. The number of hydrogen-bond acceptors (Lipinski definition) is 1. The Hall–Kier alpha value is -0.460. The van der Waals surface area contributed by atoms with Crippen molar-refractivity contribution in [3.63, 3.8) is 0 Å². The van der Waals surface area contributed by atoms with Crippen molar-refractivity contribution >= 4 is 0 Å². The van der Waals surface area contributed by atoms with Crippen LogP contribution in [0.15, 0.2) is 12.3 Å². The average Bonchev–Trinajstić information content (AvgIpc) is 2.54. The van der Waals surface area contributed by atoms with Crippen molar-refractivity contribution in [3.8, 4) is 0 Å². The highest BCUT2D eigenvalue weighted by Gasteiger charge is 1.94. The van der Waals surface area contributed by atoms with E-state index >= 15 is 0 Å². The molecule has 0 aromatic heterocycles. The van der Waals surface area contributed by atoms with Gasteiger partial charge in [-0.25, -0.2) is 0 Å². The van der Waals surface area contributed by atoms with Gasteiger partial charge in [0.25, 0.3) is 0 Å². The molecule has 0 aliphatic rings. The molecule has 132 valence electrons. The first-order valence-electron chi connectivity index (χ1n) is 10.2. The summed E-state index contributed by atoms with van der Waals surface area (Å²) >= 11 is 0. The van der Waals surface area contributed by atoms with Gasteiger partial charge >= 0.3 is 0 Å². The zero-order valence-electron chi connectivity index (χ0n) is 15.3. The van der Waals surface area contributed by atoms with E-state index in [9.17, 15) is 0 Å². The number of allylic oxidation sites excluding steroid dienone is 1.